The molecule has 0 saturated heterocycles. The molecule has 84 valence electrons. The minimum atomic E-state index is 0.960. The van der Waals surface area contributed by atoms with E-state index in [1.54, 1.807) is 0 Å². The van der Waals surface area contributed by atoms with Gasteiger partial charge in [-0.05, 0) is 42.9 Å². The molecule has 0 heteroatoms. The molecule has 0 nitrogen and oxygen atoms in total. The molecule has 0 radical (unpaired) electrons. The van der Waals surface area contributed by atoms with E-state index in [9.17, 15) is 0 Å². The summed E-state index contributed by atoms with van der Waals surface area (Å²) < 4.78 is 0. The average molecular weight is 196 g/mol. The van der Waals surface area contributed by atoms with Crippen molar-refractivity contribution in [1.82, 2.24) is 0 Å². The van der Waals surface area contributed by atoms with Crippen LogP contribution in [0.25, 0.3) is 0 Å². The van der Waals surface area contributed by atoms with Gasteiger partial charge in [0.15, 0.2) is 0 Å². The van der Waals surface area contributed by atoms with Crippen molar-refractivity contribution in [2.45, 2.75) is 66.2 Å². The summed E-state index contributed by atoms with van der Waals surface area (Å²) in [5.41, 5.74) is 0. The van der Waals surface area contributed by atoms with Gasteiger partial charge in [-0.2, -0.15) is 0 Å². The first-order chi connectivity index (χ1) is 6.72. The lowest BCUT2D eigenvalue weighted by Crippen LogP contribution is -2.27. The van der Waals surface area contributed by atoms with E-state index in [0.717, 1.165) is 23.7 Å². The molecule has 4 atom stereocenters. The third kappa shape index (κ3) is 2.74. The highest BCUT2D eigenvalue weighted by Gasteiger charge is 2.30. The van der Waals surface area contributed by atoms with E-state index < -0.39 is 0 Å². The van der Waals surface area contributed by atoms with Crippen LogP contribution >= 0.6 is 0 Å². The van der Waals surface area contributed by atoms with Crippen molar-refractivity contribution < 1.29 is 0 Å². The molecule has 0 bridgehead atoms. The Balaban J connectivity index is 2.47. The van der Waals surface area contributed by atoms with Crippen molar-refractivity contribution in [2.24, 2.45) is 23.7 Å². The molecule has 0 aliphatic heterocycles. The molecular weight excluding hydrogens is 168 g/mol. The Bertz CT molecular complexity index is 150. The maximum absolute atomic E-state index is 2.45. The van der Waals surface area contributed by atoms with Crippen LogP contribution in [0.5, 0.6) is 0 Å². The van der Waals surface area contributed by atoms with Crippen molar-refractivity contribution in [3.05, 3.63) is 0 Å². The first-order valence-corrected chi connectivity index (χ1v) is 6.72. The predicted octanol–water partition coefficient (Wildman–Crippen LogP) is 4.89. The standard InChI is InChI=1S/C14H28/c1-5-11(4)14-9-8-12(6-2)13(7-3)10-14/h11-14H,5-10H2,1-4H3. The smallest absolute Gasteiger partial charge is 0.0386 e. The fraction of sp³-hybridized carbons (Fsp3) is 1.00. The fourth-order valence-electron chi connectivity index (χ4n) is 3.25. The van der Waals surface area contributed by atoms with Gasteiger partial charge >= 0.3 is 0 Å². The summed E-state index contributed by atoms with van der Waals surface area (Å²) in [6.45, 7) is 9.55. The maximum Gasteiger partial charge on any atom is -0.0386 e. The van der Waals surface area contributed by atoms with Gasteiger partial charge in [0.05, 0.1) is 0 Å². The van der Waals surface area contributed by atoms with E-state index in [1.165, 1.54) is 38.5 Å². The Kier molecular flexibility index (Phi) is 4.98. The first kappa shape index (κ1) is 12.1. The van der Waals surface area contributed by atoms with Gasteiger partial charge in [-0.3, -0.25) is 0 Å². The molecule has 0 spiro atoms. The van der Waals surface area contributed by atoms with Crippen molar-refractivity contribution in [1.29, 1.82) is 0 Å². The number of hydrogen-bond donors (Lipinski definition) is 0. The molecule has 0 heterocycles. The largest absolute Gasteiger partial charge is 0.0651 e. The van der Waals surface area contributed by atoms with Crippen LogP contribution in [0.3, 0.4) is 0 Å². The Morgan fingerprint density at radius 2 is 1.64 bits per heavy atom. The molecule has 0 N–H and O–H groups in total. The molecule has 4 unspecified atom stereocenters. The van der Waals surface area contributed by atoms with Crippen molar-refractivity contribution >= 4 is 0 Å². The number of hydrogen-bond acceptors (Lipinski definition) is 0. The van der Waals surface area contributed by atoms with E-state index in [-0.39, 0.29) is 0 Å². The summed E-state index contributed by atoms with van der Waals surface area (Å²) in [5, 5.41) is 0. The third-order valence-electron chi connectivity index (χ3n) is 4.68. The summed E-state index contributed by atoms with van der Waals surface area (Å²) in [7, 11) is 0. The van der Waals surface area contributed by atoms with Crippen LogP contribution in [-0.2, 0) is 0 Å². The molecule has 0 aromatic rings. The summed E-state index contributed by atoms with van der Waals surface area (Å²) in [5.74, 6) is 4.07. The minimum absolute atomic E-state index is 0.960. The molecule has 0 aromatic carbocycles. The highest BCUT2D eigenvalue weighted by Crippen LogP contribution is 2.41. The van der Waals surface area contributed by atoms with Crippen LogP contribution in [-0.4, -0.2) is 0 Å². The van der Waals surface area contributed by atoms with Crippen molar-refractivity contribution in [3.63, 3.8) is 0 Å². The second kappa shape index (κ2) is 5.78. The van der Waals surface area contributed by atoms with E-state index >= 15 is 0 Å². The van der Waals surface area contributed by atoms with Gasteiger partial charge < -0.3 is 0 Å². The van der Waals surface area contributed by atoms with Gasteiger partial charge in [0, 0.05) is 0 Å². The van der Waals surface area contributed by atoms with Gasteiger partial charge in [0.2, 0.25) is 0 Å². The maximum atomic E-state index is 2.45. The molecule has 0 amide bonds. The van der Waals surface area contributed by atoms with E-state index in [0.29, 0.717) is 0 Å². The summed E-state index contributed by atoms with van der Waals surface area (Å²) in [6, 6.07) is 0. The Labute approximate surface area is 90.5 Å². The topological polar surface area (TPSA) is 0 Å². The molecule has 1 aliphatic rings. The van der Waals surface area contributed by atoms with Gasteiger partial charge in [-0.25, -0.2) is 0 Å². The zero-order valence-corrected chi connectivity index (χ0v) is 10.6. The average Bonchev–Trinajstić information content (AvgIpc) is 2.26. The minimum Gasteiger partial charge on any atom is -0.0651 e. The SMILES string of the molecule is CCC(C)C1CCC(CC)C(CC)C1. The van der Waals surface area contributed by atoms with Crippen LogP contribution in [0, 0.1) is 23.7 Å². The molecule has 1 fully saturated rings. The quantitative estimate of drug-likeness (QED) is 0.601. The van der Waals surface area contributed by atoms with Crippen LogP contribution in [0.2, 0.25) is 0 Å². The molecule has 0 aromatic heterocycles. The van der Waals surface area contributed by atoms with Crippen LogP contribution < -0.4 is 0 Å². The lowest BCUT2D eigenvalue weighted by molar-refractivity contribution is 0.133. The second-order valence-corrected chi connectivity index (χ2v) is 5.30. The van der Waals surface area contributed by atoms with Gasteiger partial charge in [-0.1, -0.05) is 47.0 Å². The van der Waals surface area contributed by atoms with E-state index in [1.807, 2.05) is 0 Å². The zero-order chi connectivity index (χ0) is 10.6. The van der Waals surface area contributed by atoms with Gasteiger partial charge in [-0.15, -0.1) is 0 Å². The highest BCUT2D eigenvalue weighted by molar-refractivity contribution is 4.80. The normalized spacial score (nSPS) is 35.6. The Morgan fingerprint density at radius 3 is 2.14 bits per heavy atom. The fourth-order valence-corrected chi connectivity index (χ4v) is 3.25. The lowest BCUT2D eigenvalue weighted by atomic mass is 9.68. The van der Waals surface area contributed by atoms with E-state index in [2.05, 4.69) is 27.7 Å². The molecule has 1 aliphatic carbocycles. The lowest BCUT2D eigenvalue weighted by Gasteiger charge is -2.38. The summed E-state index contributed by atoms with van der Waals surface area (Å²) in [6.07, 6.45) is 8.72. The zero-order valence-electron chi connectivity index (χ0n) is 10.6. The van der Waals surface area contributed by atoms with Crippen molar-refractivity contribution in [3.8, 4) is 0 Å². The molecule has 1 rings (SSSR count). The van der Waals surface area contributed by atoms with Crippen molar-refractivity contribution in [2.75, 3.05) is 0 Å². The first-order valence-electron chi connectivity index (χ1n) is 6.72. The second-order valence-electron chi connectivity index (χ2n) is 5.30. The molecular formula is C14H28. The Hall–Kier alpha value is 0. The van der Waals surface area contributed by atoms with Gasteiger partial charge in [0.1, 0.15) is 0 Å². The monoisotopic (exact) mass is 196 g/mol. The number of rotatable bonds is 4. The van der Waals surface area contributed by atoms with Gasteiger partial charge in [0.25, 0.3) is 0 Å². The Morgan fingerprint density at radius 1 is 1.00 bits per heavy atom. The summed E-state index contributed by atoms with van der Waals surface area (Å²) >= 11 is 0. The van der Waals surface area contributed by atoms with Crippen LogP contribution in [0.15, 0.2) is 0 Å². The molecule has 14 heavy (non-hydrogen) atoms. The third-order valence-corrected chi connectivity index (χ3v) is 4.68. The van der Waals surface area contributed by atoms with E-state index in [4.69, 9.17) is 0 Å². The van der Waals surface area contributed by atoms with Crippen LogP contribution in [0.4, 0.5) is 0 Å². The van der Waals surface area contributed by atoms with Crippen LogP contribution in [0.1, 0.15) is 66.2 Å². The summed E-state index contributed by atoms with van der Waals surface area (Å²) in [4.78, 5) is 0. The predicted molar refractivity (Wildman–Crippen MR) is 64.4 cm³/mol. The molecule has 1 saturated carbocycles. The highest BCUT2D eigenvalue weighted by atomic mass is 14.4.